The fraction of sp³-hybridized carbons (Fsp3) is 0.520. The highest BCUT2D eigenvalue weighted by atomic mass is 16.7. The van der Waals surface area contributed by atoms with Crippen LogP contribution in [0.4, 0.5) is 0 Å². The van der Waals surface area contributed by atoms with E-state index in [0.717, 1.165) is 24.2 Å². The van der Waals surface area contributed by atoms with Crippen molar-refractivity contribution in [3.8, 4) is 0 Å². The van der Waals surface area contributed by atoms with Gasteiger partial charge < -0.3 is 18.9 Å². The van der Waals surface area contributed by atoms with Gasteiger partial charge in [-0.15, -0.1) is 0 Å². The standard InChI is InChI=1S/C25H33NO5/c1-27-25-24(29-18-21-13-7-3-8-14-21)23(28-17-20-11-5-2-6-12-20)22(31-25)19-30-26-15-9-4-10-16-26/h2-3,5-8,11-14,22-25H,4,9-10,15-19H2,1H3/t22-,23?,24+,25-/m1/s1. The molecular formula is C25H33NO5. The molecule has 168 valence electrons. The van der Waals surface area contributed by atoms with Crippen molar-refractivity contribution in [1.82, 2.24) is 5.06 Å². The number of ether oxygens (including phenoxy) is 4. The Morgan fingerprint density at radius 2 is 1.39 bits per heavy atom. The van der Waals surface area contributed by atoms with E-state index in [1.54, 1.807) is 7.11 Å². The Balaban J connectivity index is 1.42. The van der Waals surface area contributed by atoms with E-state index in [2.05, 4.69) is 24.3 Å². The molecule has 2 aliphatic heterocycles. The fourth-order valence-corrected chi connectivity index (χ4v) is 4.10. The smallest absolute Gasteiger partial charge is 0.186 e. The van der Waals surface area contributed by atoms with Gasteiger partial charge in [0.05, 0.1) is 19.8 Å². The van der Waals surface area contributed by atoms with Gasteiger partial charge in [0.15, 0.2) is 6.29 Å². The molecule has 4 rings (SSSR count). The first kappa shape index (κ1) is 22.4. The molecule has 0 bridgehead atoms. The maximum atomic E-state index is 6.35. The van der Waals surface area contributed by atoms with Crippen LogP contribution in [0, 0.1) is 0 Å². The average molecular weight is 428 g/mol. The van der Waals surface area contributed by atoms with Crippen molar-refractivity contribution in [3.63, 3.8) is 0 Å². The molecule has 2 saturated heterocycles. The first-order chi connectivity index (χ1) is 15.3. The Hall–Kier alpha value is -1.80. The van der Waals surface area contributed by atoms with E-state index in [0.29, 0.717) is 19.8 Å². The molecule has 31 heavy (non-hydrogen) atoms. The number of nitrogens with zero attached hydrogens (tertiary/aromatic N) is 1. The van der Waals surface area contributed by atoms with Crippen molar-refractivity contribution in [2.75, 3.05) is 26.8 Å². The quantitative estimate of drug-likeness (QED) is 0.572. The molecule has 1 unspecified atom stereocenters. The largest absolute Gasteiger partial charge is 0.368 e. The number of benzene rings is 2. The van der Waals surface area contributed by atoms with E-state index >= 15 is 0 Å². The van der Waals surface area contributed by atoms with Crippen molar-refractivity contribution >= 4 is 0 Å². The molecule has 0 N–H and O–H groups in total. The van der Waals surface area contributed by atoms with Gasteiger partial charge in [0.25, 0.3) is 0 Å². The maximum absolute atomic E-state index is 6.35. The summed E-state index contributed by atoms with van der Waals surface area (Å²) in [6.45, 7) is 3.30. The van der Waals surface area contributed by atoms with E-state index in [4.69, 9.17) is 23.8 Å². The van der Waals surface area contributed by atoms with Crippen LogP contribution in [0.5, 0.6) is 0 Å². The lowest BCUT2D eigenvalue weighted by molar-refractivity contribution is -0.213. The van der Waals surface area contributed by atoms with Crippen LogP contribution < -0.4 is 0 Å². The van der Waals surface area contributed by atoms with E-state index in [-0.39, 0.29) is 18.3 Å². The number of hydrogen-bond donors (Lipinski definition) is 0. The van der Waals surface area contributed by atoms with Crippen LogP contribution in [0.15, 0.2) is 60.7 Å². The summed E-state index contributed by atoms with van der Waals surface area (Å²) in [4.78, 5) is 6.07. The van der Waals surface area contributed by atoms with Crippen LogP contribution in [-0.4, -0.2) is 56.5 Å². The normalized spacial score (nSPS) is 26.9. The second-order valence-corrected chi connectivity index (χ2v) is 8.09. The van der Waals surface area contributed by atoms with Gasteiger partial charge in [-0.05, 0) is 24.0 Å². The Morgan fingerprint density at radius 1 is 0.806 bits per heavy atom. The SMILES string of the molecule is CO[C@@H]1O[C@H](CON2CCCCC2)C(OCc2ccccc2)[C@@H]1OCc1ccccc1. The zero-order valence-electron chi connectivity index (χ0n) is 18.2. The minimum atomic E-state index is -0.501. The first-order valence-electron chi connectivity index (χ1n) is 11.2. The lowest BCUT2D eigenvalue weighted by Crippen LogP contribution is -2.41. The topological polar surface area (TPSA) is 49.4 Å². The summed E-state index contributed by atoms with van der Waals surface area (Å²) in [7, 11) is 1.64. The number of methoxy groups -OCH3 is 1. The van der Waals surface area contributed by atoms with Crippen LogP contribution in [-0.2, 0) is 37.0 Å². The lowest BCUT2D eigenvalue weighted by Gasteiger charge is -2.28. The zero-order valence-corrected chi connectivity index (χ0v) is 18.2. The van der Waals surface area contributed by atoms with Gasteiger partial charge in [0.2, 0.25) is 0 Å². The number of piperidine rings is 1. The summed E-state index contributed by atoms with van der Waals surface area (Å²) in [5.74, 6) is 0. The highest BCUT2D eigenvalue weighted by Gasteiger charge is 2.47. The third kappa shape index (κ3) is 6.35. The summed E-state index contributed by atoms with van der Waals surface area (Å²) in [6.07, 6.45) is 2.20. The fourth-order valence-electron chi connectivity index (χ4n) is 4.10. The molecule has 0 spiro atoms. The van der Waals surface area contributed by atoms with Gasteiger partial charge in [0.1, 0.15) is 18.3 Å². The number of rotatable bonds is 10. The van der Waals surface area contributed by atoms with Crippen molar-refractivity contribution in [2.24, 2.45) is 0 Å². The third-order valence-corrected chi connectivity index (χ3v) is 5.81. The molecule has 0 amide bonds. The molecular weight excluding hydrogens is 394 g/mol. The number of hydroxylamine groups is 2. The second kappa shape index (κ2) is 11.7. The Labute approximate surface area is 185 Å². The highest BCUT2D eigenvalue weighted by Crippen LogP contribution is 2.29. The van der Waals surface area contributed by atoms with Gasteiger partial charge >= 0.3 is 0 Å². The Bertz CT molecular complexity index is 753. The first-order valence-corrected chi connectivity index (χ1v) is 11.2. The predicted octanol–water partition coefficient (Wildman–Crippen LogP) is 3.95. The maximum Gasteiger partial charge on any atom is 0.186 e. The summed E-state index contributed by atoms with van der Waals surface area (Å²) in [5.41, 5.74) is 2.22. The van der Waals surface area contributed by atoms with E-state index in [9.17, 15) is 0 Å². The van der Waals surface area contributed by atoms with Gasteiger partial charge in [-0.25, -0.2) is 0 Å². The molecule has 0 aromatic heterocycles. The van der Waals surface area contributed by atoms with E-state index < -0.39 is 6.29 Å². The monoisotopic (exact) mass is 427 g/mol. The predicted molar refractivity (Wildman–Crippen MR) is 117 cm³/mol. The summed E-state index contributed by atoms with van der Waals surface area (Å²) >= 11 is 0. The van der Waals surface area contributed by atoms with Gasteiger partial charge in [0, 0.05) is 20.2 Å². The van der Waals surface area contributed by atoms with Crippen LogP contribution in [0.25, 0.3) is 0 Å². The Morgan fingerprint density at radius 3 is 1.97 bits per heavy atom. The van der Waals surface area contributed by atoms with Gasteiger partial charge in [-0.1, -0.05) is 67.1 Å². The van der Waals surface area contributed by atoms with E-state index in [1.165, 1.54) is 19.3 Å². The van der Waals surface area contributed by atoms with Crippen LogP contribution in [0.3, 0.4) is 0 Å². The molecule has 2 fully saturated rings. The molecule has 0 saturated carbocycles. The van der Waals surface area contributed by atoms with Crippen molar-refractivity contribution < 1.29 is 23.8 Å². The molecule has 2 heterocycles. The van der Waals surface area contributed by atoms with Gasteiger partial charge in [-0.2, -0.15) is 5.06 Å². The summed E-state index contributed by atoms with van der Waals surface area (Å²) in [6, 6.07) is 20.3. The molecule has 4 atom stereocenters. The van der Waals surface area contributed by atoms with Crippen molar-refractivity contribution in [3.05, 3.63) is 71.8 Å². The summed E-state index contributed by atoms with van der Waals surface area (Å²) in [5, 5.41) is 2.04. The minimum absolute atomic E-state index is 0.267. The average Bonchev–Trinajstić information content (AvgIpc) is 3.18. The second-order valence-electron chi connectivity index (χ2n) is 8.09. The summed E-state index contributed by atoms with van der Waals surface area (Å²) < 4.78 is 24.4. The van der Waals surface area contributed by atoms with Crippen LogP contribution in [0.1, 0.15) is 30.4 Å². The van der Waals surface area contributed by atoms with Gasteiger partial charge in [-0.3, -0.25) is 4.84 Å². The molecule has 2 aromatic carbocycles. The molecule has 6 heteroatoms. The van der Waals surface area contributed by atoms with Crippen LogP contribution in [0.2, 0.25) is 0 Å². The molecule has 0 aliphatic carbocycles. The molecule has 2 aliphatic rings. The van der Waals surface area contributed by atoms with Crippen LogP contribution >= 0.6 is 0 Å². The van der Waals surface area contributed by atoms with Crippen molar-refractivity contribution in [1.29, 1.82) is 0 Å². The molecule has 0 radical (unpaired) electrons. The Kier molecular flexibility index (Phi) is 8.46. The molecule has 6 nitrogen and oxygen atoms in total. The number of hydrogen-bond acceptors (Lipinski definition) is 6. The third-order valence-electron chi connectivity index (χ3n) is 5.81. The zero-order chi connectivity index (χ0) is 21.3. The lowest BCUT2D eigenvalue weighted by atomic mass is 10.1. The molecule has 2 aromatic rings. The minimum Gasteiger partial charge on any atom is -0.368 e. The van der Waals surface area contributed by atoms with Crippen molar-refractivity contribution in [2.45, 2.75) is 57.1 Å². The van der Waals surface area contributed by atoms with E-state index in [1.807, 2.05) is 41.5 Å². The highest BCUT2D eigenvalue weighted by molar-refractivity contribution is 5.14.